The average Bonchev–Trinajstić information content (AvgIpc) is 2.55. The molecule has 0 amide bonds. The molecule has 22 heavy (non-hydrogen) atoms. The maximum Gasteiger partial charge on any atom is 0.119 e. The molecule has 0 radical (unpaired) electrons. The van der Waals surface area contributed by atoms with Crippen molar-refractivity contribution in [3.05, 3.63) is 60.2 Å². The predicted octanol–water partition coefficient (Wildman–Crippen LogP) is 3.92. The lowest BCUT2D eigenvalue weighted by atomic mass is 10.2. The van der Waals surface area contributed by atoms with Gasteiger partial charge in [-0.2, -0.15) is 0 Å². The molecule has 0 bridgehead atoms. The summed E-state index contributed by atoms with van der Waals surface area (Å²) >= 11 is 0. The van der Waals surface area contributed by atoms with Gasteiger partial charge in [-0.15, -0.1) is 0 Å². The van der Waals surface area contributed by atoms with Crippen LogP contribution >= 0.6 is 0 Å². The molecule has 0 saturated carbocycles. The quantitative estimate of drug-likeness (QED) is 0.655. The highest BCUT2D eigenvalue weighted by molar-refractivity contribution is 5.48. The Morgan fingerprint density at radius 1 is 0.909 bits per heavy atom. The van der Waals surface area contributed by atoms with Gasteiger partial charge in [0.2, 0.25) is 0 Å². The van der Waals surface area contributed by atoms with E-state index >= 15 is 0 Å². The number of likely N-dealkylation sites (N-methyl/N-ethyl adjacent to an activating group) is 1. The van der Waals surface area contributed by atoms with Gasteiger partial charge in [0.05, 0.1) is 13.2 Å². The van der Waals surface area contributed by atoms with Gasteiger partial charge in [0.25, 0.3) is 0 Å². The van der Waals surface area contributed by atoms with Crippen molar-refractivity contribution in [1.82, 2.24) is 0 Å². The largest absolute Gasteiger partial charge is 0.491 e. The van der Waals surface area contributed by atoms with Gasteiger partial charge in [0, 0.05) is 18.8 Å². The Bertz CT molecular complexity index is 542. The average molecular weight is 299 g/mol. The fourth-order valence-corrected chi connectivity index (χ4v) is 2.31. The monoisotopic (exact) mass is 299 g/mol. The molecule has 3 nitrogen and oxygen atoms in total. The minimum atomic E-state index is 0.584. The van der Waals surface area contributed by atoms with Crippen molar-refractivity contribution in [1.29, 1.82) is 0 Å². The third-order valence-corrected chi connectivity index (χ3v) is 3.49. The Balaban J connectivity index is 1.65. The Morgan fingerprint density at radius 2 is 1.73 bits per heavy atom. The number of benzene rings is 2. The molecule has 0 aliphatic carbocycles. The van der Waals surface area contributed by atoms with E-state index in [0.29, 0.717) is 19.8 Å². The molecule has 0 aromatic heterocycles. The predicted molar refractivity (Wildman–Crippen MR) is 91.8 cm³/mol. The number of rotatable bonds is 9. The van der Waals surface area contributed by atoms with E-state index in [4.69, 9.17) is 9.47 Å². The molecule has 3 heteroatoms. The smallest absolute Gasteiger partial charge is 0.119 e. The van der Waals surface area contributed by atoms with E-state index in [9.17, 15) is 0 Å². The van der Waals surface area contributed by atoms with Gasteiger partial charge in [0.15, 0.2) is 0 Å². The minimum absolute atomic E-state index is 0.584. The molecule has 2 aromatic carbocycles. The number of para-hydroxylation sites is 1. The van der Waals surface area contributed by atoms with Crippen molar-refractivity contribution in [3.63, 3.8) is 0 Å². The Kier molecular flexibility index (Phi) is 6.78. The Morgan fingerprint density at radius 3 is 2.45 bits per heavy atom. The van der Waals surface area contributed by atoms with E-state index in [1.165, 1.54) is 11.3 Å². The van der Waals surface area contributed by atoms with Crippen LogP contribution in [-0.4, -0.2) is 32.9 Å². The second kappa shape index (κ2) is 9.11. The molecule has 118 valence electrons. The lowest BCUT2D eigenvalue weighted by Gasteiger charge is -2.23. The van der Waals surface area contributed by atoms with Crippen molar-refractivity contribution in [2.45, 2.75) is 13.8 Å². The number of ether oxygens (including phenoxy) is 2. The van der Waals surface area contributed by atoms with Crippen molar-refractivity contribution in [2.75, 3.05) is 37.8 Å². The molecule has 0 heterocycles. The molecule has 0 saturated heterocycles. The number of hydrogen-bond acceptors (Lipinski definition) is 3. The van der Waals surface area contributed by atoms with E-state index in [2.05, 4.69) is 43.0 Å². The summed E-state index contributed by atoms with van der Waals surface area (Å²) in [7, 11) is 0. The second-order valence-electron chi connectivity index (χ2n) is 5.19. The molecule has 0 aliphatic heterocycles. The van der Waals surface area contributed by atoms with Gasteiger partial charge in [-0.25, -0.2) is 0 Å². The van der Waals surface area contributed by atoms with Gasteiger partial charge >= 0.3 is 0 Å². The zero-order valence-corrected chi connectivity index (χ0v) is 13.5. The van der Waals surface area contributed by atoms with E-state index in [-0.39, 0.29) is 0 Å². The fraction of sp³-hybridized carbons (Fsp3) is 0.368. The Hall–Kier alpha value is -2.00. The molecule has 0 unspecified atom stereocenters. The number of nitrogens with zero attached hydrogens (tertiary/aromatic N) is 1. The summed E-state index contributed by atoms with van der Waals surface area (Å²) in [4.78, 5) is 2.32. The third-order valence-electron chi connectivity index (χ3n) is 3.49. The fourth-order valence-electron chi connectivity index (χ4n) is 2.31. The van der Waals surface area contributed by atoms with Crippen molar-refractivity contribution < 1.29 is 9.47 Å². The standard InChI is InChI=1S/C19H25NO2/c1-3-20(18-9-7-8-17(2)16-18)12-13-21-14-15-22-19-10-5-4-6-11-19/h4-11,16H,3,12-15H2,1-2H3. The van der Waals surface area contributed by atoms with Gasteiger partial charge < -0.3 is 14.4 Å². The first kappa shape index (κ1) is 16.4. The zero-order chi connectivity index (χ0) is 15.6. The summed E-state index contributed by atoms with van der Waals surface area (Å²) in [6.45, 7) is 8.06. The van der Waals surface area contributed by atoms with Crippen LogP contribution in [-0.2, 0) is 4.74 Å². The highest BCUT2D eigenvalue weighted by Crippen LogP contribution is 2.15. The maximum absolute atomic E-state index is 5.67. The summed E-state index contributed by atoms with van der Waals surface area (Å²) in [6.07, 6.45) is 0. The molecular formula is C19H25NO2. The Labute approximate surface area is 133 Å². The summed E-state index contributed by atoms with van der Waals surface area (Å²) in [5.74, 6) is 0.890. The first-order chi connectivity index (χ1) is 10.8. The second-order valence-corrected chi connectivity index (χ2v) is 5.19. The summed E-state index contributed by atoms with van der Waals surface area (Å²) < 4.78 is 11.3. The zero-order valence-electron chi connectivity index (χ0n) is 13.5. The summed E-state index contributed by atoms with van der Waals surface area (Å²) in [6, 6.07) is 18.4. The van der Waals surface area contributed by atoms with E-state index in [1.54, 1.807) is 0 Å². The normalized spacial score (nSPS) is 10.5. The van der Waals surface area contributed by atoms with Crippen LogP contribution in [0, 0.1) is 6.92 Å². The van der Waals surface area contributed by atoms with Crippen LogP contribution in [0.5, 0.6) is 5.75 Å². The third kappa shape index (κ3) is 5.41. The topological polar surface area (TPSA) is 21.7 Å². The SMILES string of the molecule is CCN(CCOCCOc1ccccc1)c1cccc(C)c1. The van der Waals surface area contributed by atoms with Crippen LogP contribution < -0.4 is 9.64 Å². The highest BCUT2D eigenvalue weighted by atomic mass is 16.5. The molecule has 0 N–H and O–H groups in total. The number of hydrogen-bond donors (Lipinski definition) is 0. The van der Waals surface area contributed by atoms with Gasteiger partial charge in [-0.05, 0) is 43.7 Å². The molecule has 0 aliphatic rings. The van der Waals surface area contributed by atoms with Crippen molar-refractivity contribution in [2.24, 2.45) is 0 Å². The van der Waals surface area contributed by atoms with Crippen LogP contribution in [0.4, 0.5) is 5.69 Å². The van der Waals surface area contributed by atoms with Gasteiger partial charge in [0.1, 0.15) is 12.4 Å². The van der Waals surface area contributed by atoms with Gasteiger partial charge in [-0.1, -0.05) is 30.3 Å². The van der Waals surface area contributed by atoms with Crippen LogP contribution in [0.25, 0.3) is 0 Å². The molecule has 2 rings (SSSR count). The first-order valence-corrected chi connectivity index (χ1v) is 7.87. The lowest BCUT2D eigenvalue weighted by molar-refractivity contribution is 0.105. The summed E-state index contributed by atoms with van der Waals surface area (Å²) in [5.41, 5.74) is 2.54. The van der Waals surface area contributed by atoms with Crippen molar-refractivity contribution >= 4 is 5.69 Å². The molecule has 0 spiro atoms. The highest BCUT2D eigenvalue weighted by Gasteiger charge is 2.04. The molecule has 2 aromatic rings. The summed E-state index contributed by atoms with van der Waals surface area (Å²) in [5, 5.41) is 0. The number of anilines is 1. The molecule has 0 fully saturated rings. The molecular weight excluding hydrogens is 274 g/mol. The van der Waals surface area contributed by atoms with E-state index in [0.717, 1.165) is 18.8 Å². The van der Waals surface area contributed by atoms with E-state index < -0.39 is 0 Å². The maximum atomic E-state index is 5.67. The van der Waals surface area contributed by atoms with Crippen molar-refractivity contribution in [3.8, 4) is 5.75 Å². The van der Waals surface area contributed by atoms with Crippen LogP contribution in [0.15, 0.2) is 54.6 Å². The molecule has 0 atom stereocenters. The van der Waals surface area contributed by atoms with Crippen LogP contribution in [0.2, 0.25) is 0 Å². The lowest BCUT2D eigenvalue weighted by Crippen LogP contribution is -2.27. The minimum Gasteiger partial charge on any atom is -0.491 e. The van der Waals surface area contributed by atoms with Gasteiger partial charge in [-0.3, -0.25) is 0 Å². The number of aryl methyl sites for hydroxylation is 1. The van der Waals surface area contributed by atoms with E-state index in [1.807, 2.05) is 30.3 Å². The van der Waals surface area contributed by atoms with Crippen LogP contribution in [0.1, 0.15) is 12.5 Å². The van der Waals surface area contributed by atoms with Crippen LogP contribution in [0.3, 0.4) is 0 Å². The first-order valence-electron chi connectivity index (χ1n) is 7.87.